The van der Waals surface area contributed by atoms with Crippen LogP contribution in [0.1, 0.15) is 23.1 Å². The number of anilines is 1. The number of nitrogens with one attached hydrogen (secondary N) is 3. The normalized spacial score (nSPS) is 10.2. The van der Waals surface area contributed by atoms with Crippen LogP contribution in [-0.4, -0.2) is 20.9 Å². The first-order valence-electron chi connectivity index (χ1n) is 5.24. The number of hydrogen-bond acceptors (Lipinski definition) is 3. The second-order valence-corrected chi connectivity index (χ2v) is 3.46. The summed E-state index contributed by atoms with van der Waals surface area (Å²) in [4.78, 5) is 32.0. The third-order valence-corrected chi connectivity index (χ3v) is 2.29. The zero-order chi connectivity index (χ0) is 12.3. The number of aromatic amines is 2. The van der Waals surface area contributed by atoms with Crippen LogP contribution in [0.25, 0.3) is 0 Å². The van der Waals surface area contributed by atoms with Gasteiger partial charge >= 0.3 is 5.69 Å². The first-order valence-corrected chi connectivity index (χ1v) is 5.24. The summed E-state index contributed by atoms with van der Waals surface area (Å²) in [5.41, 5.74) is 0.458. The van der Waals surface area contributed by atoms with Crippen molar-refractivity contribution >= 4 is 11.7 Å². The smallest absolute Gasteiger partial charge is 0.309 e. The van der Waals surface area contributed by atoms with Gasteiger partial charge in [-0.1, -0.05) is 13.0 Å². The molecule has 0 saturated heterocycles. The molecule has 2 aromatic heterocycles. The highest BCUT2D eigenvalue weighted by Gasteiger charge is 2.14. The number of carbonyl (C=O) groups excluding carboxylic acids is 1. The number of H-pyrrole nitrogens is 2. The van der Waals surface area contributed by atoms with Gasteiger partial charge in [-0.15, -0.1) is 0 Å². The lowest BCUT2D eigenvalue weighted by Gasteiger charge is -2.03. The molecule has 0 bridgehead atoms. The Kier molecular flexibility index (Phi) is 3.04. The number of aryl methyl sites for hydroxylation is 1. The van der Waals surface area contributed by atoms with Crippen molar-refractivity contribution in [3.63, 3.8) is 0 Å². The lowest BCUT2D eigenvalue weighted by molar-refractivity contribution is 0.102. The fraction of sp³-hybridized carbons (Fsp3) is 0.182. The molecule has 88 valence electrons. The van der Waals surface area contributed by atoms with E-state index in [-0.39, 0.29) is 17.3 Å². The number of pyridine rings is 1. The van der Waals surface area contributed by atoms with Gasteiger partial charge in [-0.05, 0) is 18.6 Å². The van der Waals surface area contributed by atoms with E-state index in [0.29, 0.717) is 17.9 Å². The second kappa shape index (κ2) is 4.65. The van der Waals surface area contributed by atoms with Crippen molar-refractivity contribution in [2.45, 2.75) is 13.3 Å². The van der Waals surface area contributed by atoms with Crippen LogP contribution in [0.2, 0.25) is 0 Å². The Hall–Kier alpha value is -2.37. The molecule has 0 saturated carbocycles. The predicted molar refractivity (Wildman–Crippen MR) is 63.0 cm³/mol. The molecule has 0 aliphatic carbocycles. The molecule has 6 heteroatoms. The van der Waals surface area contributed by atoms with E-state index in [1.165, 1.54) is 0 Å². The molecule has 1 amide bonds. The lowest BCUT2D eigenvalue weighted by Crippen LogP contribution is -2.15. The van der Waals surface area contributed by atoms with Gasteiger partial charge in [0.2, 0.25) is 0 Å². The van der Waals surface area contributed by atoms with Crippen LogP contribution >= 0.6 is 0 Å². The van der Waals surface area contributed by atoms with E-state index in [2.05, 4.69) is 20.3 Å². The van der Waals surface area contributed by atoms with E-state index in [4.69, 9.17) is 0 Å². The van der Waals surface area contributed by atoms with Crippen molar-refractivity contribution in [2.24, 2.45) is 0 Å². The van der Waals surface area contributed by atoms with Crippen molar-refractivity contribution < 1.29 is 4.79 Å². The summed E-state index contributed by atoms with van der Waals surface area (Å²) in [5, 5.41) is 2.61. The fourth-order valence-corrected chi connectivity index (χ4v) is 1.49. The van der Waals surface area contributed by atoms with E-state index >= 15 is 0 Å². The van der Waals surface area contributed by atoms with Crippen LogP contribution in [0.3, 0.4) is 0 Å². The van der Waals surface area contributed by atoms with Gasteiger partial charge in [-0.25, -0.2) is 9.78 Å². The lowest BCUT2D eigenvalue weighted by atomic mass is 10.2. The minimum atomic E-state index is -0.381. The van der Waals surface area contributed by atoms with E-state index in [1.807, 2.05) is 6.92 Å². The van der Waals surface area contributed by atoms with Gasteiger partial charge in [0.15, 0.2) is 0 Å². The monoisotopic (exact) mass is 232 g/mol. The summed E-state index contributed by atoms with van der Waals surface area (Å²) in [6.07, 6.45) is 2.15. The SMILES string of the molecule is CCc1[nH]c(=O)[nH]c1C(=O)Nc1ccccn1. The average molecular weight is 232 g/mol. The molecule has 17 heavy (non-hydrogen) atoms. The summed E-state index contributed by atoms with van der Waals surface area (Å²) in [7, 11) is 0. The van der Waals surface area contributed by atoms with Crippen LogP contribution < -0.4 is 11.0 Å². The van der Waals surface area contributed by atoms with Crippen molar-refractivity contribution in [2.75, 3.05) is 5.32 Å². The maximum Gasteiger partial charge on any atom is 0.323 e. The highest BCUT2D eigenvalue weighted by atomic mass is 16.2. The standard InChI is InChI=1S/C11H12N4O2/c1-2-7-9(15-11(17)13-7)10(16)14-8-5-3-4-6-12-8/h3-6H,2H2,1H3,(H,12,14,16)(H2,13,15,17). The molecular formula is C11H12N4O2. The Morgan fingerprint density at radius 2 is 2.24 bits per heavy atom. The molecule has 0 fully saturated rings. The molecule has 0 atom stereocenters. The number of rotatable bonds is 3. The van der Waals surface area contributed by atoms with E-state index < -0.39 is 0 Å². The molecule has 2 heterocycles. The summed E-state index contributed by atoms with van der Waals surface area (Å²) in [5.74, 6) is 0.0699. The second-order valence-electron chi connectivity index (χ2n) is 3.46. The minimum Gasteiger partial charge on any atom is -0.309 e. The number of imidazole rings is 1. The van der Waals surface area contributed by atoms with Crippen molar-refractivity contribution in [3.8, 4) is 0 Å². The Morgan fingerprint density at radius 1 is 1.41 bits per heavy atom. The number of carbonyl (C=O) groups is 1. The van der Waals surface area contributed by atoms with Crippen LogP contribution in [-0.2, 0) is 6.42 Å². The van der Waals surface area contributed by atoms with Gasteiger partial charge in [0.05, 0.1) is 0 Å². The van der Waals surface area contributed by atoms with Crippen LogP contribution in [0.4, 0.5) is 5.82 Å². The molecule has 0 radical (unpaired) electrons. The molecule has 3 N–H and O–H groups in total. The van der Waals surface area contributed by atoms with Gasteiger partial charge in [0.1, 0.15) is 11.5 Å². The molecule has 0 unspecified atom stereocenters. The number of nitrogens with zero attached hydrogens (tertiary/aromatic N) is 1. The van der Waals surface area contributed by atoms with Gasteiger partial charge in [0.25, 0.3) is 5.91 Å². The highest BCUT2D eigenvalue weighted by molar-refractivity contribution is 6.03. The molecule has 0 aromatic carbocycles. The zero-order valence-electron chi connectivity index (χ0n) is 9.28. The van der Waals surface area contributed by atoms with E-state index in [1.54, 1.807) is 24.4 Å². The zero-order valence-corrected chi connectivity index (χ0v) is 9.28. The van der Waals surface area contributed by atoms with Gasteiger partial charge < -0.3 is 15.3 Å². The van der Waals surface area contributed by atoms with Crippen LogP contribution in [0, 0.1) is 0 Å². The molecule has 0 aliphatic heterocycles. The minimum absolute atomic E-state index is 0.253. The van der Waals surface area contributed by atoms with E-state index in [0.717, 1.165) is 0 Å². The van der Waals surface area contributed by atoms with Crippen LogP contribution in [0.15, 0.2) is 29.2 Å². The summed E-state index contributed by atoms with van der Waals surface area (Å²) < 4.78 is 0. The largest absolute Gasteiger partial charge is 0.323 e. The third-order valence-electron chi connectivity index (χ3n) is 2.29. The Morgan fingerprint density at radius 3 is 2.88 bits per heavy atom. The maximum atomic E-state index is 11.9. The predicted octanol–water partition coefficient (Wildman–Crippen LogP) is 0.913. The van der Waals surface area contributed by atoms with Gasteiger partial charge in [-0.2, -0.15) is 0 Å². The first kappa shape index (κ1) is 11.1. The number of amides is 1. The molecule has 6 nitrogen and oxygen atoms in total. The Bertz CT molecular complexity index is 571. The molecule has 2 aromatic rings. The summed E-state index contributed by atoms with van der Waals surface area (Å²) in [6.45, 7) is 1.86. The van der Waals surface area contributed by atoms with Gasteiger partial charge in [0, 0.05) is 11.9 Å². The topological polar surface area (TPSA) is 90.6 Å². The average Bonchev–Trinajstić information content (AvgIpc) is 2.72. The third kappa shape index (κ3) is 2.41. The van der Waals surface area contributed by atoms with Crippen molar-refractivity contribution in [1.82, 2.24) is 15.0 Å². The fourth-order valence-electron chi connectivity index (χ4n) is 1.49. The van der Waals surface area contributed by atoms with Gasteiger partial charge in [-0.3, -0.25) is 4.79 Å². The Balaban J connectivity index is 2.23. The molecule has 0 aliphatic rings. The van der Waals surface area contributed by atoms with Crippen molar-refractivity contribution in [3.05, 3.63) is 46.3 Å². The summed E-state index contributed by atoms with van der Waals surface area (Å²) in [6, 6.07) is 5.20. The number of hydrogen-bond donors (Lipinski definition) is 3. The highest BCUT2D eigenvalue weighted by Crippen LogP contribution is 2.06. The van der Waals surface area contributed by atoms with Crippen molar-refractivity contribution in [1.29, 1.82) is 0 Å². The first-order chi connectivity index (χ1) is 8.20. The number of aromatic nitrogens is 3. The molecule has 0 spiro atoms. The Labute approximate surface area is 97.1 Å². The quantitative estimate of drug-likeness (QED) is 0.734. The molecular weight excluding hydrogens is 220 g/mol. The van der Waals surface area contributed by atoms with E-state index in [9.17, 15) is 9.59 Å². The molecule has 2 rings (SSSR count). The van der Waals surface area contributed by atoms with Crippen LogP contribution in [0.5, 0.6) is 0 Å². The maximum absolute atomic E-state index is 11.9. The summed E-state index contributed by atoms with van der Waals surface area (Å²) >= 11 is 0.